The average Bonchev–Trinajstić information content (AvgIpc) is 3.17. The highest BCUT2D eigenvalue weighted by atomic mass is 35.5. The third kappa shape index (κ3) is 6.36. The van der Waals surface area contributed by atoms with Crippen molar-refractivity contribution in [3.63, 3.8) is 0 Å². The number of halogens is 1. The Bertz CT molecular complexity index is 946. The summed E-state index contributed by atoms with van der Waals surface area (Å²) >= 11 is 7.24. The van der Waals surface area contributed by atoms with Gasteiger partial charge in [0.05, 0.1) is 11.8 Å². The van der Waals surface area contributed by atoms with Gasteiger partial charge in [0.2, 0.25) is 5.91 Å². The number of nitrogens with zero attached hydrogens (tertiary/aromatic N) is 3. The first-order valence-corrected chi connectivity index (χ1v) is 12.3. The normalized spacial score (nSPS) is 19.2. The van der Waals surface area contributed by atoms with E-state index in [4.69, 9.17) is 11.6 Å². The predicted octanol–water partition coefficient (Wildman–Crippen LogP) is 4.40. The zero-order valence-electron chi connectivity index (χ0n) is 18.5. The highest BCUT2D eigenvalue weighted by Gasteiger charge is 2.24. The number of thioether (sulfide) groups is 1. The fourth-order valence-corrected chi connectivity index (χ4v) is 4.77. The van der Waals surface area contributed by atoms with Crippen molar-refractivity contribution in [1.82, 2.24) is 25.4 Å². The maximum absolute atomic E-state index is 12.6. The van der Waals surface area contributed by atoms with E-state index in [1.54, 1.807) is 30.3 Å². The standard InChI is InChI=1S/C23H30ClN5O2S/c1-4-13-29-21(16(3)25-22(31)17-9-11-18(24)12-10-17)27-28-23(29)32-14-20(30)26-19-8-6-5-7-15(19)2/h4,9-12,15-16,19H,1,5-8,13-14H2,2-3H3,(H,25,31)(H,26,30)/t15-,16+,19+/m0/s1. The summed E-state index contributed by atoms with van der Waals surface area (Å²) < 4.78 is 1.88. The monoisotopic (exact) mass is 475 g/mol. The molecular weight excluding hydrogens is 446 g/mol. The summed E-state index contributed by atoms with van der Waals surface area (Å²) in [5.41, 5.74) is 0.513. The lowest BCUT2D eigenvalue weighted by atomic mass is 9.86. The first kappa shape index (κ1) is 24.3. The predicted molar refractivity (Wildman–Crippen MR) is 128 cm³/mol. The molecule has 0 radical (unpaired) electrons. The van der Waals surface area contributed by atoms with E-state index in [2.05, 4.69) is 34.3 Å². The second kappa shape index (κ2) is 11.5. The molecule has 3 rings (SSSR count). The fraction of sp³-hybridized carbons (Fsp3) is 0.478. The first-order valence-electron chi connectivity index (χ1n) is 10.9. The molecule has 172 valence electrons. The van der Waals surface area contributed by atoms with Crippen molar-refractivity contribution < 1.29 is 9.59 Å². The number of rotatable bonds is 9. The Balaban J connectivity index is 1.62. The highest BCUT2D eigenvalue weighted by molar-refractivity contribution is 7.99. The van der Waals surface area contributed by atoms with Crippen LogP contribution in [-0.2, 0) is 11.3 Å². The number of hydrogen-bond acceptors (Lipinski definition) is 5. The zero-order chi connectivity index (χ0) is 23.1. The maximum atomic E-state index is 12.6. The van der Waals surface area contributed by atoms with Gasteiger partial charge in [0.25, 0.3) is 5.91 Å². The zero-order valence-corrected chi connectivity index (χ0v) is 20.1. The SMILES string of the molecule is C=CCn1c(SCC(=O)N[C@@H]2CCCC[C@@H]2C)nnc1[C@@H](C)NC(=O)c1ccc(Cl)cc1. The summed E-state index contributed by atoms with van der Waals surface area (Å²) in [5, 5.41) is 15.8. The van der Waals surface area contributed by atoms with Crippen LogP contribution in [0.3, 0.4) is 0 Å². The van der Waals surface area contributed by atoms with E-state index in [0.717, 1.165) is 12.8 Å². The summed E-state index contributed by atoms with van der Waals surface area (Å²) in [6.45, 7) is 8.34. The molecule has 1 aromatic carbocycles. The van der Waals surface area contributed by atoms with Crippen LogP contribution in [0.25, 0.3) is 0 Å². The van der Waals surface area contributed by atoms with Gasteiger partial charge in [-0.25, -0.2) is 0 Å². The van der Waals surface area contributed by atoms with Crippen molar-refractivity contribution in [3.05, 3.63) is 53.3 Å². The van der Waals surface area contributed by atoms with Gasteiger partial charge in [-0.05, 0) is 49.9 Å². The third-order valence-electron chi connectivity index (χ3n) is 5.69. The van der Waals surface area contributed by atoms with Gasteiger partial charge in [0.1, 0.15) is 0 Å². The van der Waals surface area contributed by atoms with Crippen LogP contribution in [0.2, 0.25) is 5.02 Å². The molecule has 1 aliphatic rings. The molecule has 9 heteroatoms. The van der Waals surface area contributed by atoms with Crippen LogP contribution in [0, 0.1) is 5.92 Å². The lowest BCUT2D eigenvalue weighted by Crippen LogP contribution is -2.41. The smallest absolute Gasteiger partial charge is 0.251 e. The summed E-state index contributed by atoms with van der Waals surface area (Å²) in [5.74, 6) is 1.17. The van der Waals surface area contributed by atoms with Gasteiger partial charge in [-0.15, -0.1) is 16.8 Å². The van der Waals surface area contributed by atoms with Gasteiger partial charge in [-0.3, -0.25) is 9.59 Å². The first-order chi connectivity index (χ1) is 15.4. The third-order valence-corrected chi connectivity index (χ3v) is 6.91. The van der Waals surface area contributed by atoms with Crippen LogP contribution in [-0.4, -0.2) is 38.4 Å². The van der Waals surface area contributed by atoms with Gasteiger partial charge < -0.3 is 15.2 Å². The molecule has 7 nitrogen and oxygen atoms in total. The number of carbonyl (C=O) groups excluding carboxylic acids is 2. The van der Waals surface area contributed by atoms with Gasteiger partial charge in [-0.1, -0.05) is 49.2 Å². The van der Waals surface area contributed by atoms with Crippen molar-refractivity contribution in [2.45, 2.75) is 63.3 Å². The summed E-state index contributed by atoms with van der Waals surface area (Å²) in [6, 6.07) is 6.57. The Kier molecular flexibility index (Phi) is 8.75. The van der Waals surface area contributed by atoms with E-state index in [9.17, 15) is 9.59 Å². The van der Waals surface area contributed by atoms with E-state index in [-0.39, 0.29) is 29.7 Å². The largest absolute Gasteiger partial charge is 0.352 e. The van der Waals surface area contributed by atoms with E-state index in [1.807, 2.05) is 11.5 Å². The number of benzene rings is 1. The van der Waals surface area contributed by atoms with Gasteiger partial charge in [0.15, 0.2) is 11.0 Å². The van der Waals surface area contributed by atoms with Crippen LogP contribution >= 0.6 is 23.4 Å². The Labute approximate surface area is 198 Å². The second-order valence-corrected chi connectivity index (χ2v) is 9.55. The van der Waals surface area contributed by atoms with E-state index < -0.39 is 0 Å². The molecule has 1 aromatic heterocycles. The molecule has 0 aliphatic heterocycles. The summed E-state index contributed by atoms with van der Waals surface area (Å²) in [7, 11) is 0. The van der Waals surface area contributed by atoms with E-state index >= 15 is 0 Å². The van der Waals surface area contributed by atoms with Crippen LogP contribution < -0.4 is 10.6 Å². The molecule has 2 amide bonds. The highest BCUT2D eigenvalue weighted by Crippen LogP contribution is 2.25. The number of carbonyl (C=O) groups is 2. The molecule has 0 bridgehead atoms. The quantitative estimate of drug-likeness (QED) is 0.414. The molecule has 0 spiro atoms. The molecule has 3 atom stereocenters. The second-order valence-electron chi connectivity index (χ2n) is 8.17. The summed E-state index contributed by atoms with van der Waals surface area (Å²) in [4.78, 5) is 25.0. The Morgan fingerprint density at radius 3 is 2.69 bits per heavy atom. The van der Waals surface area contributed by atoms with Crippen LogP contribution in [0.15, 0.2) is 42.1 Å². The van der Waals surface area contributed by atoms with Gasteiger partial charge in [0, 0.05) is 23.2 Å². The van der Waals surface area contributed by atoms with Crippen LogP contribution in [0.5, 0.6) is 0 Å². The van der Waals surface area contributed by atoms with Gasteiger partial charge >= 0.3 is 0 Å². The van der Waals surface area contributed by atoms with Crippen molar-refractivity contribution in [1.29, 1.82) is 0 Å². The fourth-order valence-electron chi connectivity index (χ4n) is 3.88. The van der Waals surface area contributed by atoms with E-state index in [0.29, 0.717) is 34.0 Å². The molecule has 2 aromatic rings. The Hall–Kier alpha value is -2.32. The van der Waals surface area contributed by atoms with Gasteiger partial charge in [-0.2, -0.15) is 0 Å². The minimum atomic E-state index is -0.378. The number of allylic oxidation sites excluding steroid dienone is 1. The summed E-state index contributed by atoms with van der Waals surface area (Å²) in [6.07, 6.45) is 6.35. The molecule has 1 heterocycles. The number of amides is 2. The Morgan fingerprint density at radius 2 is 2.00 bits per heavy atom. The minimum Gasteiger partial charge on any atom is -0.352 e. The number of hydrogen-bond donors (Lipinski definition) is 2. The molecule has 1 aliphatic carbocycles. The maximum Gasteiger partial charge on any atom is 0.251 e. The van der Waals surface area contributed by atoms with Crippen molar-refractivity contribution in [2.75, 3.05) is 5.75 Å². The van der Waals surface area contributed by atoms with Crippen molar-refractivity contribution in [3.8, 4) is 0 Å². The molecule has 1 fully saturated rings. The van der Waals surface area contributed by atoms with Crippen molar-refractivity contribution in [2.24, 2.45) is 5.92 Å². The average molecular weight is 476 g/mol. The number of aromatic nitrogens is 3. The lowest BCUT2D eigenvalue weighted by Gasteiger charge is -2.29. The molecule has 2 N–H and O–H groups in total. The molecule has 0 saturated heterocycles. The lowest BCUT2D eigenvalue weighted by molar-refractivity contribution is -0.119. The minimum absolute atomic E-state index is 0.00698. The molecule has 32 heavy (non-hydrogen) atoms. The molecule has 0 unspecified atom stereocenters. The van der Waals surface area contributed by atoms with E-state index in [1.165, 1.54) is 24.6 Å². The molecular formula is C23H30ClN5O2S. The Morgan fingerprint density at radius 1 is 1.28 bits per heavy atom. The molecule has 1 saturated carbocycles. The van der Waals surface area contributed by atoms with Crippen molar-refractivity contribution >= 4 is 35.2 Å². The van der Waals surface area contributed by atoms with Crippen LogP contribution in [0.1, 0.15) is 61.8 Å². The topological polar surface area (TPSA) is 88.9 Å². The van der Waals surface area contributed by atoms with Crippen LogP contribution in [0.4, 0.5) is 0 Å². The number of nitrogens with one attached hydrogen (secondary N) is 2.